The van der Waals surface area contributed by atoms with Crippen molar-refractivity contribution in [2.24, 2.45) is 0 Å². The molecule has 1 aromatic carbocycles. The number of carbonyl (C=O) groups excluding carboxylic acids is 1. The van der Waals surface area contributed by atoms with Gasteiger partial charge >= 0.3 is 6.09 Å². The normalized spacial score (nSPS) is 17.4. The molecule has 0 radical (unpaired) electrons. The topological polar surface area (TPSA) is 38.8 Å². The molecule has 5 heteroatoms. The van der Waals surface area contributed by atoms with E-state index >= 15 is 0 Å². The molecule has 0 aromatic heterocycles. The smallest absolute Gasteiger partial charge is 0.414 e. The van der Waals surface area contributed by atoms with Crippen molar-refractivity contribution in [3.05, 3.63) is 60.3 Å². The quantitative estimate of drug-likeness (QED) is 0.395. The van der Waals surface area contributed by atoms with Gasteiger partial charge < -0.3 is 9.16 Å². The number of carbonyl (C=O) groups is 1. The van der Waals surface area contributed by atoms with Crippen molar-refractivity contribution in [1.82, 2.24) is 4.90 Å². The minimum atomic E-state index is -2.00. The molecule has 0 saturated heterocycles. The molecule has 0 N–H and O–H groups in total. The summed E-state index contributed by atoms with van der Waals surface area (Å²) in [5.74, 6) is 0. The largest absolute Gasteiger partial charge is 0.444 e. The molecular weight excluding hydrogens is 390 g/mol. The van der Waals surface area contributed by atoms with Crippen LogP contribution in [0, 0.1) is 0 Å². The molecule has 166 valence electrons. The molecular formula is C25H39NO3Si. The number of amides is 1. The molecule has 1 aromatic rings. The van der Waals surface area contributed by atoms with Gasteiger partial charge in [0.2, 0.25) is 0 Å². The third-order valence-corrected chi connectivity index (χ3v) is 12.4. The van der Waals surface area contributed by atoms with Crippen molar-refractivity contribution in [2.75, 3.05) is 6.61 Å². The van der Waals surface area contributed by atoms with Crippen molar-refractivity contribution >= 4 is 14.4 Å². The van der Waals surface area contributed by atoms with Gasteiger partial charge in [0.1, 0.15) is 6.61 Å². The van der Waals surface area contributed by atoms with Crippen LogP contribution in [0.4, 0.5) is 4.79 Å². The highest BCUT2D eigenvalue weighted by Gasteiger charge is 2.46. The minimum absolute atomic E-state index is 0.0330. The molecule has 1 amide bonds. The summed E-state index contributed by atoms with van der Waals surface area (Å²) in [7, 11) is -2.00. The van der Waals surface area contributed by atoms with Crippen LogP contribution < -0.4 is 0 Å². The molecule has 1 heterocycles. The molecule has 0 aliphatic carbocycles. The maximum Gasteiger partial charge on any atom is 0.414 e. The monoisotopic (exact) mass is 429 g/mol. The van der Waals surface area contributed by atoms with Gasteiger partial charge in [-0.3, -0.25) is 4.90 Å². The minimum Gasteiger partial charge on any atom is -0.444 e. The molecule has 0 saturated carbocycles. The van der Waals surface area contributed by atoms with Crippen LogP contribution in [-0.4, -0.2) is 32.0 Å². The zero-order valence-electron chi connectivity index (χ0n) is 19.6. The zero-order valence-corrected chi connectivity index (χ0v) is 20.6. The maximum atomic E-state index is 13.0. The highest BCUT2D eigenvalue weighted by molar-refractivity contribution is 6.77. The second-order valence-corrected chi connectivity index (χ2v) is 14.6. The average molecular weight is 430 g/mol. The van der Waals surface area contributed by atoms with E-state index in [0.717, 1.165) is 24.1 Å². The fraction of sp³-hybridized carbons (Fsp3) is 0.560. The third kappa shape index (κ3) is 5.44. The molecule has 4 nitrogen and oxygen atoms in total. The Labute approximate surface area is 184 Å². The Morgan fingerprint density at radius 3 is 2.27 bits per heavy atom. The highest BCUT2D eigenvalue weighted by atomic mass is 28.4. The predicted molar refractivity (Wildman–Crippen MR) is 127 cm³/mol. The van der Waals surface area contributed by atoms with Crippen molar-refractivity contribution < 1.29 is 14.0 Å². The third-order valence-electron chi connectivity index (χ3n) is 6.34. The lowest BCUT2D eigenvalue weighted by atomic mass is 10.0. The van der Waals surface area contributed by atoms with Crippen LogP contribution in [0.2, 0.25) is 16.6 Å². The molecule has 0 spiro atoms. The van der Waals surface area contributed by atoms with Gasteiger partial charge in [0.25, 0.3) is 0 Å². The average Bonchev–Trinajstić information content (AvgIpc) is 2.72. The van der Waals surface area contributed by atoms with Gasteiger partial charge in [-0.05, 0) is 41.1 Å². The highest BCUT2D eigenvalue weighted by Crippen LogP contribution is 2.42. The van der Waals surface area contributed by atoms with E-state index in [1.807, 2.05) is 30.3 Å². The molecule has 1 aliphatic rings. The lowest BCUT2D eigenvalue weighted by Crippen LogP contribution is -2.52. The van der Waals surface area contributed by atoms with Gasteiger partial charge in [-0.25, -0.2) is 4.79 Å². The molecule has 30 heavy (non-hydrogen) atoms. The molecule has 1 unspecified atom stereocenters. The summed E-state index contributed by atoms with van der Waals surface area (Å²) in [4.78, 5) is 14.8. The fourth-order valence-electron chi connectivity index (χ4n) is 4.99. The Balaban J connectivity index is 2.17. The zero-order chi connectivity index (χ0) is 22.3. The second kappa shape index (κ2) is 11.0. The lowest BCUT2D eigenvalue weighted by molar-refractivity contribution is 0.0766. The lowest BCUT2D eigenvalue weighted by Gasteiger charge is -2.44. The van der Waals surface area contributed by atoms with Crippen molar-refractivity contribution in [3.63, 3.8) is 0 Å². The maximum absolute atomic E-state index is 13.0. The standard InChI is InChI=1S/C25H39NO3Si/c1-8-23-15-12-16-24(18-29-30(19(2)3,20(4)5)21(6)7)26(23)25(27)28-17-22-13-10-9-11-14-22/h8-11,13-15,19-21,24H,1,12,16-18H2,2-7H3. The number of rotatable bonds is 9. The first-order chi connectivity index (χ1) is 14.2. The van der Waals surface area contributed by atoms with E-state index in [2.05, 4.69) is 54.2 Å². The number of nitrogens with zero attached hydrogens (tertiary/aromatic N) is 1. The number of benzene rings is 1. The van der Waals surface area contributed by atoms with Gasteiger partial charge in [-0.15, -0.1) is 0 Å². The Kier molecular flexibility index (Phi) is 8.92. The van der Waals surface area contributed by atoms with Crippen molar-refractivity contribution in [1.29, 1.82) is 0 Å². The van der Waals surface area contributed by atoms with Crippen molar-refractivity contribution in [3.8, 4) is 0 Å². The number of hydrogen-bond donors (Lipinski definition) is 0. The van der Waals surface area contributed by atoms with E-state index in [4.69, 9.17) is 9.16 Å². The molecule has 2 rings (SSSR count). The first kappa shape index (κ1) is 24.4. The Bertz CT molecular complexity index is 705. The first-order valence-electron chi connectivity index (χ1n) is 11.2. The Morgan fingerprint density at radius 1 is 1.13 bits per heavy atom. The summed E-state index contributed by atoms with van der Waals surface area (Å²) in [5.41, 5.74) is 3.32. The molecule has 0 fully saturated rings. The van der Waals surface area contributed by atoms with E-state index in [0.29, 0.717) is 23.2 Å². The van der Waals surface area contributed by atoms with E-state index < -0.39 is 8.32 Å². The Morgan fingerprint density at radius 2 is 1.73 bits per heavy atom. The molecule has 0 bridgehead atoms. The van der Waals surface area contributed by atoms with Gasteiger partial charge in [0.05, 0.1) is 12.6 Å². The van der Waals surface area contributed by atoms with E-state index in [1.165, 1.54) is 0 Å². The Hall–Kier alpha value is -1.85. The first-order valence-corrected chi connectivity index (χ1v) is 13.3. The summed E-state index contributed by atoms with van der Waals surface area (Å²) in [6.07, 6.45) is 5.26. The van der Waals surface area contributed by atoms with Gasteiger partial charge in [0.15, 0.2) is 8.32 Å². The van der Waals surface area contributed by atoms with Gasteiger partial charge in [-0.2, -0.15) is 0 Å². The van der Waals surface area contributed by atoms with Gasteiger partial charge in [-0.1, -0.05) is 84.5 Å². The van der Waals surface area contributed by atoms with Crippen LogP contribution in [0.3, 0.4) is 0 Å². The number of hydrogen-bond acceptors (Lipinski definition) is 3. The SMILES string of the molecule is C=CC1=CCCC(CO[Si](C(C)C)(C(C)C)C(C)C)N1C(=O)OCc1ccccc1. The van der Waals surface area contributed by atoms with Crippen LogP contribution in [0.15, 0.2) is 54.8 Å². The van der Waals surface area contributed by atoms with E-state index in [-0.39, 0.29) is 18.7 Å². The van der Waals surface area contributed by atoms with Crippen LogP contribution in [0.25, 0.3) is 0 Å². The summed E-state index contributed by atoms with van der Waals surface area (Å²) in [5, 5.41) is 0. The number of allylic oxidation sites excluding steroid dienone is 2. The van der Waals surface area contributed by atoms with Gasteiger partial charge in [0, 0.05) is 5.70 Å². The van der Waals surface area contributed by atoms with E-state index in [1.54, 1.807) is 11.0 Å². The molecule has 1 atom stereocenters. The summed E-state index contributed by atoms with van der Waals surface area (Å²) < 4.78 is 12.5. The van der Waals surface area contributed by atoms with Crippen LogP contribution in [0.5, 0.6) is 0 Å². The molecule has 1 aliphatic heterocycles. The van der Waals surface area contributed by atoms with E-state index in [9.17, 15) is 4.79 Å². The van der Waals surface area contributed by atoms with Crippen LogP contribution >= 0.6 is 0 Å². The van der Waals surface area contributed by atoms with Crippen LogP contribution in [0.1, 0.15) is 59.9 Å². The summed E-state index contributed by atoms with van der Waals surface area (Å²) in [6, 6.07) is 9.74. The summed E-state index contributed by atoms with van der Waals surface area (Å²) in [6.45, 7) is 18.4. The summed E-state index contributed by atoms with van der Waals surface area (Å²) >= 11 is 0. The fourth-order valence-corrected chi connectivity index (χ4v) is 10.5. The second-order valence-electron chi connectivity index (χ2n) is 9.10. The number of ether oxygens (including phenoxy) is 1. The van der Waals surface area contributed by atoms with Crippen LogP contribution in [-0.2, 0) is 15.8 Å². The van der Waals surface area contributed by atoms with Crippen molar-refractivity contribution in [2.45, 2.75) is 83.7 Å². The predicted octanol–water partition coefficient (Wildman–Crippen LogP) is 7.05.